The van der Waals surface area contributed by atoms with Gasteiger partial charge < -0.3 is 15.6 Å². The molecule has 2 amide bonds. The summed E-state index contributed by atoms with van der Waals surface area (Å²) in [6.07, 6.45) is 1.24. The molecule has 0 radical (unpaired) electrons. The van der Waals surface area contributed by atoms with E-state index in [2.05, 4.69) is 21.7 Å². The summed E-state index contributed by atoms with van der Waals surface area (Å²) in [6.45, 7) is 9.85. The molecule has 1 aromatic heterocycles. The molecular weight excluding hydrogens is 487 g/mol. The van der Waals surface area contributed by atoms with Crippen LogP contribution in [0, 0.1) is 28.6 Å². The van der Waals surface area contributed by atoms with Crippen LogP contribution in [0.15, 0.2) is 18.2 Å². The Balaban J connectivity index is 1.75. The van der Waals surface area contributed by atoms with Gasteiger partial charge in [-0.3, -0.25) is 14.4 Å². The zero-order chi connectivity index (χ0) is 26.1. The third-order valence-electron chi connectivity index (χ3n) is 6.23. The van der Waals surface area contributed by atoms with E-state index in [0.29, 0.717) is 34.1 Å². The largest absolute Gasteiger partial charge is 0.351 e. The number of halogens is 2. The van der Waals surface area contributed by atoms with Crippen molar-refractivity contribution < 1.29 is 14.4 Å². The molecular formula is C26H32Cl2N4O3. The summed E-state index contributed by atoms with van der Waals surface area (Å²) in [5, 5.41) is 16.8. The van der Waals surface area contributed by atoms with Crippen LogP contribution in [0.25, 0.3) is 10.9 Å². The Morgan fingerprint density at radius 2 is 1.97 bits per heavy atom. The van der Waals surface area contributed by atoms with E-state index in [1.807, 2.05) is 34.6 Å². The second kappa shape index (κ2) is 10.2. The molecule has 1 fully saturated rings. The summed E-state index contributed by atoms with van der Waals surface area (Å²) < 4.78 is 0. The van der Waals surface area contributed by atoms with Crippen molar-refractivity contribution in [2.45, 2.75) is 71.9 Å². The second-order valence-electron chi connectivity index (χ2n) is 11.3. The Labute approximate surface area is 215 Å². The van der Waals surface area contributed by atoms with Crippen LogP contribution < -0.4 is 10.6 Å². The lowest BCUT2D eigenvalue weighted by atomic mass is 9.81. The van der Waals surface area contributed by atoms with Crippen molar-refractivity contribution in [3.05, 3.63) is 33.9 Å². The molecule has 1 aromatic carbocycles. The summed E-state index contributed by atoms with van der Waals surface area (Å²) in [7, 11) is 0. The average Bonchev–Trinajstić information content (AvgIpc) is 3.29. The van der Waals surface area contributed by atoms with Gasteiger partial charge >= 0.3 is 0 Å². The molecule has 3 rings (SSSR count). The Morgan fingerprint density at radius 3 is 2.54 bits per heavy atom. The molecule has 0 aliphatic carbocycles. The minimum absolute atomic E-state index is 0.0314. The first kappa shape index (κ1) is 27.0. The van der Waals surface area contributed by atoms with Crippen LogP contribution in [-0.4, -0.2) is 34.2 Å². The Hall–Kier alpha value is -2.56. The first-order valence-electron chi connectivity index (χ1n) is 11.7. The van der Waals surface area contributed by atoms with Gasteiger partial charge in [-0.15, -0.1) is 0 Å². The molecule has 3 atom stereocenters. The van der Waals surface area contributed by atoms with Gasteiger partial charge in [-0.25, -0.2) is 0 Å². The Morgan fingerprint density at radius 1 is 1.29 bits per heavy atom. The summed E-state index contributed by atoms with van der Waals surface area (Å²) in [5.41, 5.74) is 0.357. The van der Waals surface area contributed by atoms with Gasteiger partial charge in [-0.2, -0.15) is 5.26 Å². The van der Waals surface area contributed by atoms with Crippen LogP contribution in [0.5, 0.6) is 0 Å². The maximum Gasteiger partial charge on any atom is 0.224 e. The summed E-state index contributed by atoms with van der Waals surface area (Å²) in [4.78, 5) is 41.7. The van der Waals surface area contributed by atoms with Gasteiger partial charge in [-0.05, 0) is 50.7 Å². The van der Waals surface area contributed by atoms with Crippen LogP contribution in [-0.2, 0) is 9.59 Å². The monoisotopic (exact) mass is 518 g/mol. The van der Waals surface area contributed by atoms with Gasteiger partial charge in [0.25, 0.3) is 0 Å². The standard InChI is InChI=1S/C26H32Cl2N4O3/c1-25(2,3)11-16(10-20(33)19-9-14-6-7-18(27)21(28)22(14)31-19)23(34)30-17(13-29)8-15-12-26(4,5)32-24(15)35/h6-7,9,15-17,31H,8,10-12H2,1-5H3,(H,30,34)(H,32,35). The minimum atomic E-state index is -0.821. The van der Waals surface area contributed by atoms with Crippen LogP contribution in [0.1, 0.15) is 70.8 Å². The molecule has 9 heteroatoms. The van der Waals surface area contributed by atoms with Gasteiger partial charge in [0.15, 0.2) is 5.78 Å². The number of benzene rings is 1. The van der Waals surface area contributed by atoms with Gasteiger partial charge in [-0.1, -0.05) is 50.0 Å². The van der Waals surface area contributed by atoms with Crippen LogP contribution in [0.2, 0.25) is 10.0 Å². The fourth-order valence-electron chi connectivity index (χ4n) is 4.72. The molecule has 3 unspecified atom stereocenters. The highest BCUT2D eigenvalue weighted by Gasteiger charge is 2.39. The summed E-state index contributed by atoms with van der Waals surface area (Å²) >= 11 is 12.3. The van der Waals surface area contributed by atoms with Gasteiger partial charge in [0.2, 0.25) is 11.8 Å². The number of nitriles is 1. The van der Waals surface area contributed by atoms with Crippen molar-refractivity contribution in [3.8, 4) is 6.07 Å². The predicted octanol–water partition coefficient (Wildman–Crippen LogP) is 5.41. The molecule has 0 bridgehead atoms. The fourth-order valence-corrected chi connectivity index (χ4v) is 5.10. The van der Waals surface area contributed by atoms with E-state index in [0.717, 1.165) is 5.39 Å². The number of aromatic amines is 1. The number of ketones is 1. The second-order valence-corrected chi connectivity index (χ2v) is 12.1. The number of carbonyl (C=O) groups excluding carboxylic acids is 3. The Bertz CT molecular complexity index is 1190. The quantitative estimate of drug-likeness (QED) is 0.405. The molecule has 0 spiro atoms. The van der Waals surface area contributed by atoms with Crippen molar-refractivity contribution in [2.24, 2.45) is 17.3 Å². The Kier molecular flexibility index (Phi) is 7.88. The highest BCUT2D eigenvalue weighted by atomic mass is 35.5. The molecule has 188 valence electrons. The lowest BCUT2D eigenvalue weighted by Gasteiger charge is -2.26. The van der Waals surface area contributed by atoms with Crippen molar-refractivity contribution in [2.75, 3.05) is 0 Å². The number of H-pyrrole nitrogens is 1. The third-order valence-corrected chi connectivity index (χ3v) is 7.03. The zero-order valence-corrected chi connectivity index (χ0v) is 22.2. The van der Waals surface area contributed by atoms with Gasteiger partial charge in [0.05, 0.1) is 27.3 Å². The van der Waals surface area contributed by atoms with E-state index in [1.165, 1.54) is 0 Å². The highest BCUT2D eigenvalue weighted by Crippen LogP contribution is 2.33. The first-order valence-corrected chi connectivity index (χ1v) is 12.5. The number of hydrogen-bond donors (Lipinski definition) is 3. The molecule has 1 saturated heterocycles. The van der Waals surface area contributed by atoms with Gasteiger partial charge in [0, 0.05) is 29.2 Å². The van der Waals surface area contributed by atoms with Crippen LogP contribution >= 0.6 is 23.2 Å². The molecule has 2 aromatic rings. The van der Waals surface area contributed by atoms with E-state index in [9.17, 15) is 19.6 Å². The number of fused-ring (bicyclic) bond motifs is 1. The lowest BCUT2D eigenvalue weighted by Crippen LogP contribution is -2.41. The molecule has 7 nitrogen and oxygen atoms in total. The first-order chi connectivity index (χ1) is 16.2. The number of carbonyl (C=O) groups is 3. The molecule has 2 heterocycles. The molecule has 0 saturated carbocycles. The number of nitrogens with one attached hydrogen (secondary N) is 3. The number of nitrogens with zero attached hydrogens (tertiary/aromatic N) is 1. The predicted molar refractivity (Wildman–Crippen MR) is 137 cm³/mol. The number of hydrogen-bond acceptors (Lipinski definition) is 4. The zero-order valence-electron chi connectivity index (χ0n) is 20.7. The van der Waals surface area contributed by atoms with Crippen LogP contribution in [0.4, 0.5) is 0 Å². The van der Waals surface area contributed by atoms with Crippen molar-refractivity contribution in [1.29, 1.82) is 5.26 Å². The number of aromatic nitrogens is 1. The smallest absolute Gasteiger partial charge is 0.224 e. The minimum Gasteiger partial charge on any atom is -0.351 e. The van der Waals surface area contributed by atoms with Crippen LogP contribution in [0.3, 0.4) is 0 Å². The topological polar surface area (TPSA) is 115 Å². The molecule has 1 aliphatic heterocycles. The highest BCUT2D eigenvalue weighted by molar-refractivity contribution is 6.45. The van der Waals surface area contributed by atoms with Crippen molar-refractivity contribution in [1.82, 2.24) is 15.6 Å². The van der Waals surface area contributed by atoms with Crippen molar-refractivity contribution >= 4 is 51.7 Å². The van der Waals surface area contributed by atoms with Gasteiger partial charge in [0.1, 0.15) is 6.04 Å². The maximum atomic E-state index is 13.2. The van der Waals surface area contributed by atoms with E-state index < -0.39 is 12.0 Å². The normalized spacial score (nSPS) is 19.1. The van der Waals surface area contributed by atoms with E-state index in [1.54, 1.807) is 18.2 Å². The average molecular weight is 519 g/mol. The van der Waals surface area contributed by atoms with E-state index in [4.69, 9.17) is 23.2 Å². The third kappa shape index (κ3) is 6.77. The molecule has 3 N–H and O–H groups in total. The van der Waals surface area contributed by atoms with E-state index in [-0.39, 0.29) is 47.3 Å². The number of amides is 2. The van der Waals surface area contributed by atoms with E-state index >= 15 is 0 Å². The summed E-state index contributed by atoms with van der Waals surface area (Å²) in [6, 6.07) is 6.42. The SMILES string of the molecule is CC(C)(C)CC(CC(=O)c1cc2ccc(Cl)c(Cl)c2[nH]1)C(=O)NC(C#N)CC1CC(C)(C)NC1=O. The fraction of sp³-hybridized carbons (Fsp3) is 0.538. The number of rotatable bonds is 8. The molecule has 1 aliphatic rings. The van der Waals surface area contributed by atoms with Crippen molar-refractivity contribution in [3.63, 3.8) is 0 Å². The lowest BCUT2D eigenvalue weighted by molar-refractivity contribution is -0.127. The molecule has 35 heavy (non-hydrogen) atoms. The number of Topliss-reactive ketones (excluding diaryl/α,β-unsaturated/α-hetero) is 1. The summed E-state index contributed by atoms with van der Waals surface area (Å²) in [5.74, 6) is -1.69. The maximum absolute atomic E-state index is 13.2.